The molecule has 0 N–H and O–H groups in total. The van der Waals surface area contributed by atoms with Gasteiger partial charge in [0.05, 0.1) is 11.7 Å². The van der Waals surface area contributed by atoms with Gasteiger partial charge in [0, 0.05) is 38.5 Å². The van der Waals surface area contributed by atoms with Crippen molar-refractivity contribution < 1.29 is 9.42 Å². The van der Waals surface area contributed by atoms with Gasteiger partial charge in [-0.25, -0.2) is 4.63 Å². The summed E-state index contributed by atoms with van der Waals surface area (Å²) in [6.07, 6.45) is 4.90. The molecule has 2 saturated heterocycles. The van der Waals surface area contributed by atoms with E-state index in [1.54, 1.807) is 6.92 Å². The van der Waals surface area contributed by atoms with Gasteiger partial charge in [-0.1, -0.05) is 0 Å². The predicted octanol–water partition coefficient (Wildman–Crippen LogP) is 2.83. The molecule has 3 heterocycles. The molecule has 2 aromatic rings. The van der Waals surface area contributed by atoms with Crippen molar-refractivity contribution in [1.82, 2.24) is 20.1 Å². The number of anilines is 1. The highest BCUT2D eigenvalue weighted by atomic mass is 16.6. The third-order valence-corrected chi connectivity index (χ3v) is 6.58. The molecule has 5 rings (SSSR count). The highest BCUT2D eigenvalue weighted by Gasteiger charge is 2.36. The van der Waals surface area contributed by atoms with Crippen LogP contribution in [0, 0.1) is 5.92 Å². The van der Waals surface area contributed by atoms with Crippen molar-refractivity contribution >= 4 is 22.6 Å². The fraction of sp³-hybridized carbons (Fsp3) is 0.667. The Balaban J connectivity index is 1.37. The van der Waals surface area contributed by atoms with Crippen LogP contribution in [0.15, 0.2) is 16.8 Å². The first-order valence-corrected chi connectivity index (χ1v) is 10.6. The van der Waals surface area contributed by atoms with E-state index >= 15 is 0 Å². The third kappa shape index (κ3) is 3.26. The lowest BCUT2D eigenvalue weighted by atomic mass is 9.96. The van der Waals surface area contributed by atoms with Crippen molar-refractivity contribution in [1.29, 1.82) is 0 Å². The van der Waals surface area contributed by atoms with Crippen LogP contribution >= 0.6 is 0 Å². The van der Waals surface area contributed by atoms with Crippen molar-refractivity contribution in [3.63, 3.8) is 0 Å². The van der Waals surface area contributed by atoms with Gasteiger partial charge in [-0.3, -0.25) is 4.79 Å². The Bertz CT molecular complexity index is 865. The van der Waals surface area contributed by atoms with Crippen LogP contribution in [0.2, 0.25) is 0 Å². The summed E-state index contributed by atoms with van der Waals surface area (Å²) in [5.41, 5.74) is 3.82. The van der Waals surface area contributed by atoms with Gasteiger partial charge in [-0.05, 0) is 73.7 Å². The monoisotopic (exact) mass is 383 g/mol. The van der Waals surface area contributed by atoms with E-state index in [2.05, 4.69) is 33.1 Å². The lowest BCUT2D eigenvalue weighted by Crippen LogP contribution is -2.51. The van der Waals surface area contributed by atoms with Crippen LogP contribution in [0.3, 0.4) is 0 Å². The smallest absolute Gasteiger partial charge is 0.220 e. The minimum absolute atomic E-state index is 0.0338. The number of hydrogen-bond acceptors (Lipinski definition) is 6. The van der Waals surface area contributed by atoms with Crippen molar-refractivity contribution in [3.8, 4) is 0 Å². The Morgan fingerprint density at radius 3 is 2.68 bits per heavy atom. The fourth-order valence-electron chi connectivity index (χ4n) is 4.95. The zero-order valence-electron chi connectivity index (χ0n) is 16.8. The zero-order valence-corrected chi connectivity index (χ0v) is 16.8. The van der Waals surface area contributed by atoms with Gasteiger partial charge in [-0.15, -0.1) is 0 Å². The molecule has 0 bridgehead atoms. The van der Waals surface area contributed by atoms with Crippen molar-refractivity contribution in [2.24, 2.45) is 5.92 Å². The third-order valence-electron chi connectivity index (χ3n) is 6.58. The molecule has 0 radical (unpaired) electrons. The number of benzene rings is 1. The molecular formula is C21H29N5O2. The van der Waals surface area contributed by atoms with Gasteiger partial charge >= 0.3 is 0 Å². The summed E-state index contributed by atoms with van der Waals surface area (Å²) < 4.78 is 5.05. The molecule has 0 spiro atoms. The molecule has 2 aliphatic heterocycles. The molecule has 3 fully saturated rings. The molecule has 1 unspecified atom stereocenters. The average molecular weight is 383 g/mol. The highest BCUT2D eigenvalue weighted by molar-refractivity contribution is 5.89. The van der Waals surface area contributed by atoms with Gasteiger partial charge in [0.2, 0.25) is 5.91 Å². The molecule has 1 amide bonds. The first kappa shape index (κ1) is 17.9. The Morgan fingerprint density at radius 2 is 2.00 bits per heavy atom. The molecule has 1 aromatic heterocycles. The summed E-state index contributed by atoms with van der Waals surface area (Å²) in [5.74, 6) is 0.860. The number of carbonyl (C=O) groups excluding carboxylic acids is 1. The lowest BCUT2D eigenvalue weighted by Gasteiger charge is -2.43. The molecule has 1 saturated carbocycles. The summed E-state index contributed by atoms with van der Waals surface area (Å²) >= 11 is 0. The van der Waals surface area contributed by atoms with Crippen molar-refractivity contribution in [3.05, 3.63) is 17.7 Å². The quantitative estimate of drug-likeness (QED) is 0.764. The van der Waals surface area contributed by atoms with E-state index in [0.29, 0.717) is 12.0 Å². The molecule has 7 nitrogen and oxygen atoms in total. The summed E-state index contributed by atoms with van der Waals surface area (Å²) in [6, 6.07) is 4.64. The Morgan fingerprint density at radius 1 is 1.25 bits per heavy atom. The van der Waals surface area contributed by atoms with E-state index in [9.17, 15) is 4.79 Å². The number of hydrogen-bond donors (Lipinski definition) is 0. The van der Waals surface area contributed by atoms with Gasteiger partial charge in [-0.2, -0.15) is 0 Å². The Hall–Kier alpha value is -2.15. The van der Waals surface area contributed by atoms with Crippen LogP contribution in [0.1, 0.15) is 51.1 Å². The van der Waals surface area contributed by atoms with Crippen LogP contribution in [0.4, 0.5) is 5.69 Å². The van der Waals surface area contributed by atoms with Gasteiger partial charge in [0.1, 0.15) is 5.52 Å². The van der Waals surface area contributed by atoms with Crippen molar-refractivity contribution in [2.75, 3.05) is 37.6 Å². The largest absolute Gasteiger partial charge is 0.369 e. The molecule has 1 aromatic carbocycles. The van der Waals surface area contributed by atoms with E-state index < -0.39 is 0 Å². The summed E-state index contributed by atoms with van der Waals surface area (Å²) in [4.78, 5) is 19.2. The molecular weight excluding hydrogens is 354 g/mol. The van der Waals surface area contributed by atoms with E-state index in [1.807, 2.05) is 11.0 Å². The number of amides is 1. The van der Waals surface area contributed by atoms with Crippen LogP contribution < -0.4 is 4.90 Å². The first-order valence-electron chi connectivity index (χ1n) is 10.6. The molecule has 1 atom stereocenters. The summed E-state index contributed by atoms with van der Waals surface area (Å²) in [7, 11) is 0. The standard InChI is InChI=1S/C21H29N5O2/c1-14(26(15(2)27)18-5-6-18)17-9-19-21(23-28-22-19)20(10-17)25-12-16(13-25)11-24-7-3-4-8-24/h9-10,14,16,18H,3-8,11-13H2,1-2H3. The molecule has 150 valence electrons. The zero-order chi connectivity index (χ0) is 19.3. The average Bonchev–Trinajstić information content (AvgIpc) is 3.14. The summed E-state index contributed by atoms with van der Waals surface area (Å²) in [6.45, 7) is 9.60. The van der Waals surface area contributed by atoms with Gasteiger partial charge in [0.15, 0.2) is 5.52 Å². The maximum absolute atomic E-state index is 12.2. The van der Waals surface area contributed by atoms with Crippen LogP contribution in [0.5, 0.6) is 0 Å². The summed E-state index contributed by atoms with van der Waals surface area (Å²) in [5, 5.41) is 8.26. The lowest BCUT2D eigenvalue weighted by molar-refractivity contribution is -0.131. The Kier molecular flexibility index (Phi) is 4.50. The normalized spacial score (nSPS) is 21.9. The second-order valence-electron chi connectivity index (χ2n) is 8.78. The van der Waals surface area contributed by atoms with Crippen LogP contribution in [-0.2, 0) is 4.79 Å². The first-order chi connectivity index (χ1) is 13.6. The molecule has 7 heteroatoms. The number of rotatable bonds is 6. The minimum Gasteiger partial charge on any atom is -0.369 e. The minimum atomic E-state index is 0.0338. The van der Waals surface area contributed by atoms with Gasteiger partial charge < -0.3 is 14.7 Å². The topological polar surface area (TPSA) is 65.7 Å². The number of aromatic nitrogens is 2. The van der Waals surface area contributed by atoms with Crippen LogP contribution in [-0.4, -0.2) is 64.8 Å². The number of likely N-dealkylation sites (tertiary alicyclic amines) is 1. The van der Waals surface area contributed by atoms with E-state index in [1.165, 1.54) is 32.5 Å². The van der Waals surface area contributed by atoms with E-state index in [4.69, 9.17) is 4.63 Å². The second kappa shape index (κ2) is 7.03. The SMILES string of the molecule is CC(=O)N(C1CC1)C(C)c1cc(N2CC(CN3CCCC3)C2)c2nonc2c1. The predicted molar refractivity (Wildman–Crippen MR) is 107 cm³/mol. The molecule has 28 heavy (non-hydrogen) atoms. The number of carbonyl (C=O) groups is 1. The van der Waals surface area contributed by atoms with Crippen LogP contribution in [0.25, 0.3) is 11.0 Å². The second-order valence-corrected chi connectivity index (χ2v) is 8.78. The molecule has 3 aliphatic rings. The fourth-order valence-corrected chi connectivity index (χ4v) is 4.95. The van der Waals surface area contributed by atoms with Gasteiger partial charge in [0.25, 0.3) is 0 Å². The maximum Gasteiger partial charge on any atom is 0.220 e. The molecule has 1 aliphatic carbocycles. The van der Waals surface area contributed by atoms with E-state index in [0.717, 1.165) is 48.2 Å². The van der Waals surface area contributed by atoms with E-state index in [-0.39, 0.29) is 11.9 Å². The van der Waals surface area contributed by atoms with Crippen molar-refractivity contribution in [2.45, 2.75) is 51.6 Å². The number of nitrogens with zero attached hydrogens (tertiary/aromatic N) is 5. The Labute approximate surface area is 165 Å². The maximum atomic E-state index is 12.2. The number of fused-ring (bicyclic) bond motifs is 1. The highest BCUT2D eigenvalue weighted by Crippen LogP contribution is 2.38.